The van der Waals surface area contributed by atoms with Gasteiger partial charge in [0, 0.05) is 0 Å². The van der Waals surface area contributed by atoms with Crippen LogP contribution in [-0.2, 0) is 21.4 Å². The van der Waals surface area contributed by atoms with Crippen molar-refractivity contribution in [3.8, 4) is 0 Å². The number of nitrogens with zero attached hydrogens (tertiary/aromatic N) is 1. The highest BCUT2D eigenvalue weighted by Gasteiger charge is 2.54. The molecule has 2 aromatic carbocycles. The van der Waals surface area contributed by atoms with Crippen molar-refractivity contribution in [3.63, 3.8) is 0 Å². The average Bonchev–Trinajstić information content (AvgIpc) is 2.51. The number of halogens is 3. The summed E-state index contributed by atoms with van der Waals surface area (Å²) in [6.45, 7) is 3.42. The van der Waals surface area contributed by atoms with E-state index in [-0.39, 0.29) is 5.69 Å². The first kappa shape index (κ1) is 15.6. The van der Waals surface area contributed by atoms with Crippen molar-refractivity contribution in [2.75, 3.05) is 5.06 Å². The van der Waals surface area contributed by atoms with Crippen LogP contribution in [0.15, 0.2) is 48.5 Å². The number of benzene rings is 2. The molecule has 0 saturated carbocycles. The van der Waals surface area contributed by atoms with Crippen molar-refractivity contribution in [1.82, 2.24) is 0 Å². The number of amides is 1. The molecular weight excluding hydrogens is 307 g/mol. The Hall–Kier alpha value is -2.34. The average molecular weight is 321 g/mol. The van der Waals surface area contributed by atoms with Crippen LogP contribution in [0.2, 0.25) is 0 Å². The van der Waals surface area contributed by atoms with E-state index < -0.39 is 23.2 Å². The largest absolute Gasteiger partial charge is 0.418 e. The monoisotopic (exact) mass is 321 g/mol. The Kier molecular flexibility index (Phi) is 3.44. The first-order valence-corrected chi connectivity index (χ1v) is 7.00. The van der Waals surface area contributed by atoms with Gasteiger partial charge in [-0.2, -0.15) is 18.2 Å². The van der Waals surface area contributed by atoms with Gasteiger partial charge in [-0.15, -0.1) is 0 Å². The summed E-state index contributed by atoms with van der Waals surface area (Å²) in [5, 5.41) is 0.713. The van der Waals surface area contributed by atoms with Crippen molar-refractivity contribution < 1.29 is 22.8 Å². The van der Waals surface area contributed by atoms with E-state index in [4.69, 9.17) is 4.84 Å². The molecular formula is C17H14F3NO2. The maximum Gasteiger partial charge on any atom is 0.418 e. The van der Waals surface area contributed by atoms with E-state index in [2.05, 4.69) is 0 Å². The molecule has 0 aliphatic carbocycles. The van der Waals surface area contributed by atoms with Gasteiger partial charge in [0.2, 0.25) is 0 Å². The zero-order chi connectivity index (χ0) is 16.8. The van der Waals surface area contributed by atoms with E-state index in [1.807, 2.05) is 13.0 Å². The van der Waals surface area contributed by atoms with Gasteiger partial charge in [-0.3, -0.25) is 4.79 Å². The zero-order valence-corrected chi connectivity index (χ0v) is 12.5. The Morgan fingerprint density at radius 3 is 2.39 bits per heavy atom. The van der Waals surface area contributed by atoms with Gasteiger partial charge in [0.15, 0.2) is 5.60 Å². The minimum Gasteiger partial charge on any atom is -0.268 e. The highest BCUT2D eigenvalue weighted by molar-refractivity contribution is 6.03. The number of aryl methyl sites for hydroxylation is 1. The van der Waals surface area contributed by atoms with Crippen LogP contribution >= 0.6 is 0 Å². The lowest BCUT2D eigenvalue weighted by Gasteiger charge is -2.45. The molecule has 1 fully saturated rings. The van der Waals surface area contributed by atoms with Crippen LogP contribution in [0.4, 0.5) is 18.9 Å². The number of alkyl halides is 3. The van der Waals surface area contributed by atoms with Gasteiger partial charge < -0.3 is 0 Å². The minimum absolute atomic E-state index is 0.296. The first-order chi connectivity index (χ1) is 10.7. The number of carbonyl (C=O) groups is 1. The lowest BCUT2D eigenvalue weighted by molar-refractivity contribution is -0.187. The second kappa shape index (κ2) is 5.09. The van der Waals surface area contributed by atoms with E-state index in [0.29, 0.717) is 10.6 Å². The molecule has 6 heteroatoms. The lowest BCUT2D eigenvalue weighted by atomic mass is 9.91. The van der Waals surface area contributed by atoms with Crippen LogP contribution in [0.3, 0.4) is 0 Å². The molecule has 120 valence electrons. The van der Waals surface area contributed by atoms with Crippen molar-refractivity contribution in [3.05, 3.63) is 65.2 Å². The normalized spacial score (nSPS) is 21.3. The fourth-order valence-corrected chi connectivity index (χ4v) is 2.58. The summed E-state index contributed by atoms with van der Waals surface area (Å²) in [7, 11) is 0. The highest BCUT2D eigenvalue weighted by atomic mass is 19.4. The van der Waals surface area contributed by atoms with Gasteiger partial charge >= 0.3 is 6.18 Å². The van der Waals surface area contributed by atoms with Gasteiger partial charge in [-0.25, -0.2) is 4.84 Å². The van der Waals surface area contributed by atoms with Crippen molar-refractivity contribution >= 4 is 11.6 Å². The predicted molar refractivity (Wildman–Crippen MR) is 78.5 cm³/mol. The molecule has 3 nitrogen and oxygen atoms in total. The van der Waals surface area contributed by atoms with Gasteiger partial charge in [-0.1, -0.05) is 42.0 Å². The quantitative estimate of drug-likeness (QED) is 0.829. The molecule has 0 radical (unpaired) electrons. The zero-order valence-electron chi connectivity index (χ0n) is 12.5. The second-order valence-corrected chi connectivity index (χ2v) is 5.61. The Morgan fingerprint density at radius 2 is 1.78 bits per heavy atom. The fraction of sp³-hybridized carbons (Fsp3) is 0.235. The van der Waals surface area contributed by atoms with Gasteiger partial charge in [-0.05, 0) is 31.5 Å². The molecule has 3 rings (SSSR count). The smallest absolute Gasteiger partial charge is 0.268 e. The maximum atomic E-state index is 13.1. The lowest BCUT2D eigenvalue weighted by Crippen LogP contribution is -2.61. The number of hydroxylamine groups is 1. The molecule has 1 aliphatic rings. The van der Waals surface area contributed by atoms with Gasteiger partial charge in [0.05, 0.1) is 11.3 Å². The van der Waals surface area contributed by atoms with Crippen LogP contribution < -0.4 is 5.06 Å². The van der Waals surface area contributed by atoms with Crippen LogP contribution in [-0.4, -0.2) is 5.91 Å². The molecule has 1 heterocycles. The third-order valence-corrected chi connectivity index (χ3v) is 3.86. The van der Waals surface area contributed by atoms with E-state index >= 15 is 0 Å². The number of hydrogen-bond donors (Lipinski definition) is 0. The van der Waals surface area contributed by atoms with Crippen molar-refractivity contribution in [2.45, 2.75) is 25.6 Å². The molecule has 0 aromatic heterocycles. The van der Waals surface area contributed by atoms with E-state index in [9.17, 15) is 18.0 Å². The molecule has 1 atom stereocenters. The fourth-order valence-electron chi connectivity index (χ4n) is 2.58. The SMILES string of the molecule is Cc1cccc(C2(C)ON(c3ccccc3C(F)(F)F)C2=O)c1. The van der Waals surface area contributed by atoms with Gasteiger partial charge in [0.25, 0.3) is 5.91 Å². The summed E-state index contributed by atoms with van der Waals surface area (Å²) in [6, 6.07) is 12.0. The van der Waals surface area contributed by atoms with E-state index in [0.717, 1.165) is 11.6 Å². The molecule has 2 aromatic rings. The number of carbonyl (C=O) groups excluding carboxylic acids is 1. The summed E-state index contributed by atoms with van der Waals surface area (Å²) >= 11 is 0. The Morgan fingerprint density at radius 1 is 1.09 bits per heavy atom. The number of anilines is 1. The Balaban J connectivity index is 1.95. The summed E-state index contributed by atoms with van der Waals surface area (Å²) < 4.78 is 39.2. The van der Waals surface area contributed by atoms with E-state index in [1.165, 1.54) is 18.2 Å². The molecule has 0 N–H and O–H groups in total. The van der Waals surface area contributed by atoms with Crippen LogP contribution in [0, 0.1) is 6.92 Å². The number of hydrogen-bond acceptors (Lipinski definition) is 2. The topological polar surface area (TPSA) is 29.5 Å². The summed E-state index contributed by atoms with van der Waals surface area (Å²) in [5.74, 6) is -0.528. The molecule has 0 spiro atoms. The molecule has 1 unspecified atom stereocenters. The summed E-state index contributed by atoms with van der Waals surface area (Å²) in [5.41, 5.74) is -0.919. The number of para-hydroxylation sites is 1. The van der Waals surface area contributed by atoms with Crippen molar-refractivity contribution in [1.29, 1.82) is 0 Å². The third kappa shape index (κ3) is 2.49. The summed E-state index contributed by atoms with van der Waals surface area (Å²) in [6.07, 6.45) is -4.56. The standard InChI is InChI=1S/C17H14F3NO2/c1-11-6-5-7-12(10-11)16(2)15(22)21(23-16)14-9-4-3-8-13(14)17(18,19)20/h3-10H,1-2H3. The Labute approximate surface area is 131 Å². The first-order valence-electron chi connectivity index (χ1n) is 7.00. The number of rotatable bonds is 2. The molecule has 0 bridgehead atoms. The Bertz CT molecular complexity index is 772. The molecule has 23 heavy (non-hydrogen) atoms. The van der Waals surface area contributed by atoms with Crippen LogP contribution in [0.5, 0.6) is 0 Å². The minimum atomic E-state index is -4.56. The molecule has 1 aliphatic heterocycles. The van der Waals surface area contributed by atoms with Crippen LogP contribution in [0.25, 0.3) is 0 Å². The van der Waals surface area contributed by atoms with Crippen LogP contribution in [0.1, 0.15) is 23.6 Å². The molecule has 1 amide bonds. The molecule has 1 saturated heterocycles. The predicted octanol–water partition coefficient (Wildman–Crippen LogP) is 4.21. The van der Waals surface area contributed by atoms with E-state index in [1.54, 1.807) is 25.1 Å². The van der Waals surface area contributed by atoms with Gasteiger partial charge in [0.1, 0.15) is 0 Å². The highest BCUT2D eigenvalue weighted by Crippen LogP contribution is 2.44. The summed E-state index contributed by atoms with van der Waals surface area (Å²) in [4.78, 5) is 18.0. The van der Waals surface area contributed by atoms with Crippen molar-refractivity contribution in [2.24, 2.45) is 0 Å². The second-order valence-electron chi connectivity index (χ2n) is 5.61. The maximum absolute atomic E-state index is 13.1. The third-order valence-electron chi connectivity index (χ3n) is 3.86.